The van der Waals surface area contributed by atoms with E-state index in [-0.39, 0.29) is 41.1 Å². The molecule has 6 heavy (non-hydrogen) atoms. The van der Waals surface area contributed by atoms with Gasteiger partial charge < -0.3 is 5.48 Å². The zero-order valence-electron chi connectivity index (χ0n) is 2.33. The smallest absolute Gasteiger partial charge is 0 e. The molecule has 0 bridgehead atoms. The van der Waals surface area contributed by atoms with E-state index in [1.165, 1.54) is 0 Å². The largest absolute Gasteiger partial charge is 0 e. The van der Waals surface area contributed by atoms with Crippen molar-refractivity contribution in [2.24, 2.45) is 0 Å². The first kappa shape index (κ1) is 24.4. The molecule has 0 aliphatic heterocycles. The summed E-state index contributed by atoms with van der Waals surface area (Å²) in [6.07, 6.45) is 0. The molecule has 42 valence electrons. The first-order valence-corrected chi connectivity index (χ1v) is 3.57. The van der Waals surface area contributed by atoms with Gasteiger partial charge in [-0.2, -0.15) is 0 Å². The van der Waals surface area contributed by atoms with Crippen molar-refractivity contribution in [3.05, 3.63) is 0 Å². The fourth-order valence-electron chi connectivity index (χ4n) is 0. The van der Waals surface area contributed by atoms with Gasteiger partial charge in [-0.05, 0) is 0 Å². The van der Waals surface area contributed by atoms with E-state index in [1.807, 2.05) is 0 Å². The minimum atomic E-state index is 0. The molecule has 0 fully saturated rings. The maximum atomic E-state index is 4.21. The summed E-state index contributed by atoms with van der Waals surface area (Å²) in [7, 11) is 8.42. The fourth-order valence-corrected chi connectivity index (χ4v) is 0. The Hall–Kier alpha value is 2.02. The van der Waals surface area contributed by atoms with Crippen LogP contribution in [-0.4, -0.2) is 0 Å². The van der Waals surface area contributed by atoms with Crippen LogP contribution >= 0.6 is 21.1 Å². The Labute approximate surface area is 73.2 Å². The van der Waals surface area contributed by atoms with Gasteiger partial charge in [0.25, 0.3) is 0 Å². The average molecular weight is 250 g/mol. The summed E-state index contributed by atoms with van der Waals surface area (Å²) in [6, 6.07) is 0. The maximum Gasteiger partial charge on any atom is 0 e. The van der Waals surface area contributed by atoms with Crippen molar-refractivity contribution >= 4 is 21.1 Å². The summed E-state index contributed by atoms with van der Waals surface area (Å²) in [5.74, 6) is 0. The van der Waals surface area contributed by atoms with Crippen LogP contribution in [0.25, 0.3) is 0 Å². The predicted octanol–water partition coefficient (Wildman–Crippen LogP) is 1.17. The molecule has 0 aromatic rings. The standard InChI is InChI=1S/Cu.Fe.O.2S.V/q+2;;-2;;;. The molecule has 0 aromatic carbocycles. The third kappa shape index (κ3) is 37.1. The normalized spacial score (nSPS) is 2.67. The van der Waals surface area contributed by atoms with E-state index in [2.05, 4.69) is 21.1 Å². The molecule has 0 atom stereocenters. The van der Waals surface area contributed by atoms with Gasteiger partial charge in [0, 0.05) is 18.6 Å². The second-order valence-electron chi connectivity index (χ2n) is 0.0589. The Morgan fingerprint density at radius 3 is 1.17 bits per heavy atom. The van der Waals surface area contributed by atoms with Gasteiger partial charge in [-0.3, -0.25) is 0 Å². The summed E-state index contributed by atoms with van der Waals surface area (Å²) >= 11 is 0.417. The predicted molar refractivity (Wildman–Crippen MR) is 15.9 cm³/mol. The molecule has 0 saturated carbocycles. The van der Waals surface area contributed by atoms with Crippen molar-refractivity contribution in [1.82, 2.24) is 0 Å². The number of hydrogen-bond acceptors (Lipinski definition) is 2. The molecule has 0 unspecified atom stereocenters. The van der Waals surface area contributed by atoms with Crippen LogP contribution in [0.3, 0.4) is 0 Å². The Kier molecular flexibility index (Phi) is 114. The van der Waals surface area contributed by atoms with Crippen LogP contribution in [0.15, 0.2) is 0 Å². The molecular weight excluding hydrogens is 250 g/mol. The Morgan fingerprint density at radius 1 is 1.17 bits per heavy atom. The van der Waals surface area contributed by atoms with E-state index in [0.717, 1.165) is 0 Å². The monoisotopic (exact) mass is 250 g/mol. The van der Waals surface area contributed by atoms with Gasteiger partial charge >= 0.3 is 49.9 Å². The molecule has 1 nitrogen and oxygen atoms in total. The van der Waals surface area contributed by atoms with Crippen LogP contribution in [0.2, 0.25) is 0 Å². The zero-order chi connectivity index (χ0) is 2.71. The molecule has 0 saturated heterocycles. The quantitative estimate of drug-likeness (QED) is 0.604. The number of rotatable bonds is 0. The topological polar surface area (TPSA) is 28.5 Å². The van der Waals surface area contributed by atoms with E-state index in [9.17, 15) is 0 Å². The van der Waals surface area contributed by atoms with Gasteiger partial charge in [0.15, 0.2) is 0 Å². The van der Waals surface area contributed by atoms with Crippen LogP contribution in [0.1, 0.15) is 0 Å². The van der Waals surface area contributed by atoms with Gasteiger partial charge in [-0.15, -0.1) is 0 Å². The van der Waals surface area contributed by atoms with Crippen LogP contribution in [-0.2, 0) is 52.8 Å². The molecule has 0 spiro atoms. The van der Waals surface area contributed by atoms with E-state index < -0.39 is 0 Å². The summed E-state index contributed by atoms with van der Waals surface area (Å²) in [5.41, 5.74) is 0. The summed E-state index contributed by atoms with van der Waals surface area (Å²) in [6.45, 7) is 0. The maximum absolute atomic E-state index is 4.21. The summed E-state index contributed by atoms with van der Waals surface area (Å²) < 4.78 is 0. The average Bonchev–Trinajstić information content (AvgIpc) is 0.918. The zero-order valence-corrected chi connectivity index (χ0v) is 7.40. The van der Waals surface area contributed by atoms with Crippen molar-refractivity contribution in [3.8, 4) is 0 Å². The minimum absolute atomic E-state index is 0. The molecule has 0 aliphatic carbocycles. The second kappa shape index (κ2) is 27.9. The molecule has 0 amide bonds. The van der Waals surface area contributed by atoms with Crippen molar-refractivity contribution in [2.75, 3.05) is 0 Å². The van der Waals surface area contributed by atoms with Crippen LogP contribution in [0.4, 0.5) is 0 Å². The summed E-state index contributed by atoms with van der Waals surface area (Å²) in [4.78, 5) is 0. The third-order valence-corrected chi connectivity index (χ3v) is 0. The van der Waals surface area contributed by atoms with Gasteiger partial charge in [-0.25, -0.2) is 0 Å². The van der Waals surface area contributed by atoms with Gasteiger partial charge in [0.2, 0.25) is 0 Å². The van der Waals surface area contributed by atoms with Crippen molar-refractivity contribution in [3.63, 3.8) is 0 Å². The second-order valence-corrected chi connectivity index (χ2v) is 2.19. The van der Waals surface area contributed by atoms with Gasteiger partial charge in [0.05, 0.1) is 0 Å². The number of hydrogen-bond donors (Lipinski definition) is 0. The SMILES string of the molecule is [Cu+2].[O-2].[S]=[Fe]=[S].[V]. The third-order valence-electron chi connectivity index (χ3n) is 0. The Balaban J connectivity index is -0.00000000667. The van der Waals surface area contributed by atoms with Crippen LogP contribution in [0.5, 0.6) is 0 Å². The van der Waals surface area contributed by atoms with E-state index >= 15 is 0 Å². The Morgan fingerprint density at radius 2 is 1.17 bits per heavy atom. The summed E-state index contributed by atoms with van der Waals surface area (Å²) in [5, 5.41) is 0. The van der Waals surface area contributed by atoms with Crippen molar-refractivity contribution in [1.29, 1.82) is 0 Å². The molecule has 0 rings (SSSR count). The Bertz CT molecular complexity index is 34.5. The van der Waals surface area contributed by atoms with Crippen LogP contribution in [0, 0.1) is 0 Å². The molecule has 6 heteroatoms. The van der Waals surface area contributed by atoms with E-state index in [1.54, 1.807) is 0 Å². The van der Waals surface area contributed by atoms with E-state index in [0.29, 0.717) is 11.7 Å². The van der Waals surface area contributed by atoms with Gasteiger partial charge in [0.1, 0.15) is 0 Å². The first-order chi connectivity index (χ1) is 1.41. The minimum Gasteiger partial charge on any atom is 0 e. The van der Waals surface area contributed by atoms with Gasteiger partial charge in [-0.1, -0.05) is 0 Å². The molecule has 0 aliphatic rings. The molecular formula is CuFeOS2V. The molecule has 0 N–H and O–H groups in total. The molecule has 0 heterocycles. The van der Waals surface area contributed by atoms with Crippen molar-refractivity contribution in [2.45, 2.75) is 0 Å². The van der Waals surface area contributed by atoms with Crippen molar-refractivity contribution < 1.29 is 52.8 Å². The molecule has 2 radical (unpaired) electrons. The molecule has 0 aromatic heterocycles. The fraction of sp³-hybridized carbons (Fsp3) is 0. The first-order valence-electron chi connectivity index (χ1n) is 0.289. The van der Waals surface area contributed by atoms with E-state index in [4.69, 9.17) is 0 Å². The van der Waals surface area contributed by atoms with Crippen LogP contribution < -0.4 is 0 Å².